The van der Waals surface area contributed by atoms with Crippen molar-refractivity contribution < 1.29 is 9.72 Å². The Morgan fingerprint density at radius 2 is 2.04 bits per heavy atom. The van der Waals surface area contributed by atoms with Crippen LogP contribution in [0.5, 0.6) is 0 Å². The number of benzene rings is 2. The molecule has 2 aromatic carbocycles. The highest BCUT2D eigenvalue weighted by molar-refractivity contribution is 7.99. The topological polar surface area (TPSA) is 102 Å². The monoisotopic (exact) mass is 395 g/mol. The Bertz CT molecular complexity index is 1070. The number of aryl methyl sites for hydroxylation is 1. The number of thioether (sulfide) groups is 1. The first-order chi connectivity index (χ1) is 13.6. The lowest BCUT2D eigenvalue weighted by molar-refractivity contribution is -0.385. The fourth-order valence-corrected chi connectivity index (χ4v) is 3.29. The highest BCUT2D eigenvalue weighted by Crippen LogP contribution is 2.22. The normalized spacial score (nSPS) is 11.5. The molecule has 28 heavy (non-hydrogen) atoms. The third kappa shape index (κ3) is 4.63. The second-order valence-electron chi connectivity index (χ2n) is 5.72. The molecule has 1 aromatic heterocycles. The van der Waals surface area contributed by atoms with Crippen LogP contribution in [0.2, 0.25) is 0 Å². The van der Waals surface area contributed by atoms with E-state index in [9.17, 15) is 14.9 Å². The summed E-state index contributed by atoms with van der Waals surface area (Å²) in [5.74, 6) is -0.102. The summed E-state index contributed by atoms with van der Waals surface area (Å²) in [4.78, 5) is 26.9. The number of nitrogens with zero attached hydrogens (tertiary/aromatic N) is 4. The summed E-state index contributed by atoms with van der Waals surface area (Å²) in [5, 5.41) is 15.5. The smallest absolute Gasteiger partial charge is 0.276 e. The second-order valence-corrected chi connectivity index (χ2v) is 6.66. The van der Waals surface area contributed by atoms with Crippen molar-refractivity contribution in [3.63, 3.8) is 0 Å². The molecule has 142 valence electrons. The Morgan fingerprint density at radius 1 is 1.29 bits per heavy atom. The summed E-state index contributed by atoms with van der Waals surface area (Å²) in [6.07, 6.45) is 4.46. The van der Waals surface area contributed by atoms with Crippen LogP contribution in [0.3, 0.4) is 0 Å². The highest BCUT2D eigenvalue weighted by Gasteiger charge is 2.10. The number of hydrogen-bond acceptors (Lipinski definition) is 6. The number of hydrogen-bond donors (Lipinski definition) is 1. The molecule has 8 nitrogen and oxygen atoms in total. The zero-order valence-electron chi connectivity index (χ0n) is 15.0. The highest BCUT2D eigenvalue weighted by atomic mass is 32.2. The first-order valence-corrected chi connectivity index (χ1v) is 9.31. The number of imidazole rings is 1. The van der Waals surface area contributed by atoms with Crippen molar-refractivity contribution in [3.05, 3.63) is 70.3 Å². The van der Waals surface area contributed by atoms with Crippen LogP contribution in [0.1, 0.15) is 5.56 Å². The molecule has 0 aliphatic rings. The molecule has 0 radical (unpaired) electrons. The molecule has 3 rings (SSSR count). The lowest BCUT2D eigenvalue weighted by Gasteiger charge is -2.01. The van der Waals surface area contributed by atoms with Crippen LogP contribution in [0.25, 0.3) is 17.1 Å². The van der Waals surface area contributed by atoms with Gasteiger partial charge in [0.15, 0.2) is 5.16 Å². The second kappa shape index (κ2) is 8.96. The van der Waals surface area contributed by atoms with Crippen molar-refractivity contribution in [3.8, 4) is 0 Å². The van der Waals surface area contributed by atoms with Gasteiger partial charge < -0.3 is 4.57 Å². The third-order valence-electron chi connectivity index (χ3n) is 3.84. The molecule has 0 unspecified atom stereocenters. The predicted octanol–water partition coefficient (Wildman–Crippen LogP) is 3.39. The van der Waals surface area contributed by atoms with E-state index in [0.29, 0.717) is 5.56 Å². The van der Waals surface area contributed by atoms with Gasteiger partial charge in [0.25, 0.3) is 11.6 Å². The molecule has 0 aliphatic carbocycles. The maximum atomic E-state index is 11.9. The molecule has 0 atom stereocenters. The van der Waals surface area contributed by atoms with E-state index in [1.165, 1.54) is 30.1 Å². The average molecular weight is 395 g/mol. The maximum Gasteiger partial charge on any atom is 0.276 e. The van der Waals surface area contributed by atoms with Crippen molar-refractivity contribution in [1.29, 1.82) is 0 Å². The van der Waals surface area contributed by atoms with Crippen molar-refractivity contribution in [1.82, 2.24) is 15.0 Å². The summed E-state index contributed by atoms with van der Waals surface area (Å²) in [6.45, 7) is 0. The summed E-state index contributed by atoms with van der Waals surface area (Å²) in [5.41, 5.74) is 4.77. The molecule has 1 N–H and O–H groups in total. The van der Waals surface area contributed by atoms with Gasteiger partial charge in [-0.25, -0.2) is 10.4 Å². The summed E-state index contributed by atoms with van der Waals surface area (Å²) >= 11 is 1.32. The van der Waals surface area contributed by atoms with Gasteiger partial charge >= 0.3 is 0 Å². The largest absolute Gasteiger partial charge is 0.322 e. The molecule has 0 aliphatic heterocycles. The fourth-order valence-electron chi connectivity index (χ4n) is 2.51. The molecule has 3 aromatic rings. The fraction of sp³-hybridized carbons (Fsp3) is 0.105. The van der Waals surface area contributed by atoms with Gasteiger partial charge in [-0.05, 0) is 30.4 Å². The van der Waals surface area contributed by atoms with E-state index in [4.69, 9.17) is 0 Å². The summed E-state index contributed by atoms with van der Waals surface area (Å²) in [7, 11) is 1.90. The Labute approximate surface area is 165 Å². The van der Waals surface area contributed by atoms with Crippen LogP contribution in [-0.4, -0.2) is 32.3 Å². The van der Waals surface area contributed by atoms with Gasteiger partial charge in [-0.1, -0.05) is 36.0 Å². The lowest BCUT2D eigenvalue weighted by Crippen LogP contribution is -2.19. The quantitative estimate of drug-likeness (QED) is 0.286. The lowest BCUT2D eigenvalue weighted by atomic mass is 10.2. The minimum absolute atomic E-state index is 0.00930. The number of fused-ring (bicyclic) bond motifs is 1. The van der Waals surface area contributed by atoms with Gasteiger partial charge in [-0.2, -0.15) is 5.10 Å². The van der Waals surface area contributed by atoms with Gasteiger partial charge in [0.2, 0.25) is 0 Å². The van der Waals surface area contributed by atoms with Crippen molar-refractivity contribution >= 4 is 46.7 Å². The van der Waals surface area contributed by atoms with Crippen molar-refractivity contribution in [2.45, 2.75) is 5.16 Å². The third-order valence-corrected chi connectivity index (χ3v) is 4.87. The number of allylic oxidation sites excluding steroid dienone is 1. The van der Waals surface area contributed by atoms with Crippen LogP contribution in [-0.2, 0) is 11.8 Å². The van der Waals surface area contributed by atoms with E-state index >= 15 is 0 Å². The molecule has 0 fully saturated rings. The Hall–Kier alpha value is -3.46. The zero-order chi connectivity index (χ0) is 19.9. The number of nitro groups is 1. The van der Waals surface area contributed by atoms with Crippen molar-refractivity contribution in [2.24, 2.45) is 12.1 Å². The summed E-state index contributed by atoms with van der Waals surface area (Å²) in [6, 6.07) is 14.1. The SMILES string of the molecule is Cn1c(SCC(=O)NN=CC=Cc2ccccc2[N+](=O)[O-])nc2ccccc21. The minimum Gasteiger partial charge on any atom is -0.322 e. The molecule has 0 saturated carbocycles. The number of carbonyl (C=O) groups excluding carboxylic acids is 1. The molecule has 0 spiro atoms. The molecule has 1 heterocycles. The predicted molar refractivity (Wildman–Crippen MR) is 110 cm³/mol. The Kier molecular flexibility index (Phi) is 6.18. The summed E-state index contributed by atoms with van der Waals surface area (Å²) < 4.78 is 1.94. The molecule has 1 amide bonds. The maximum absolute atomic E-state index is 11.9. The van der Waals surface area contributed by atoms with Gasteiger partial charge in [0.1, 0.15) is 0 Å². The van der Waals surface area contributed by atoms with Gasteiger partial charge in [-0.3, -0.25) is 14.9 Å². The van der Waals surface area contributed by atoms with E-state index < -0.39 is 4.92 Å². The standard InChI is InChI=1S/C19H17N5O3S/c1-23-17-11-5-3-9-15(17)21-19(23)28-13-18(25)22-20-12-6-8-14-7-2-4-10-16(14)24(26)27/h2-12H,13H2,1H3,(H,22,25). The van der Waals surface area contributed by atoms with Crippen LogP contribution in [0.15, 0.2) is 64.9 Å². The Morgan fingerprint density at radius 3 is 2.82 bits per heavy atom. The van der Waals surface area contributed by atoms with Gasteiger partial charge in [-0.15, -0.1) is 0 Å². The number of amides is 1. The number of rotatable bonds is 7. The molecule has 0 bridgehead atoms. The van der Waals surface area contributed by atoms with Crippen molar-refractivity contribution in [2.75, 3.05) is 5.75 Å². The van der Waals surface area contributed by atoms with Crippen LogP contribution >= 0.6 is 11.8 Å². The number of nitrogens with one attached hydrogen (secondary N) is 1. The van der Waals surface area contributed by atoms with E-state index in [2.05, 4.69) is 15.5 Å². The number of aromatic nitrogens is 2. The van der Waals surface area contributed by atoms with E-state index in [-0.39, 0.29) is 17.3 Å². The number of hydrazone groups is 1. The number of para-hydroxylation sites is 3. The van der Waals surface area contributed by atoms with E-state index in [1.807, 2.05) is 35.9 Å². The number of carbonyl (C=O) groups is 1. The first-order valence-electron chi connectivity index (χ1n) is 8.32. The molecule has 0 saturated heterocycles. The zero-order valence-corrected chi connectivity index (χ0v) is 15.8. The van der Waals surface area contributed by atoms with E-state index in [0.717, 1.165) is 16.2 Å². The Balaban J connectivity index is 1.51. The minimum atomic E-state index is -0.448. The van der Waals surface area contributed by atoms with Gasteiger partial charge in [0, 0.05) is 19.3 Å². The molecular weight excluding hydrogens is 378 g/mol. The van der Waals surface area contributed by atoms with Crippen LogP contribution < -0.4 is 5.43 Å². The van der Waals surface area contributed by atoms with Crippen LogP contribution in [0.4, 0.5) is 5.69 Å². The van der Waals surface area contributed by atoms with Crippen LogP contribution in [0, 0.1) is 10.1 Å². The molecular formula is C19H17N5O3S. The van der Waals surface area contributed by atoms with E-state index in [1.54, 1.807) is 24.3 Å². The number of nitro benzene ring substituents is 1. The average Bonchev–Trinajstić information content (AvgIpc) is 3.02. The molecule has 9 heteroatoms. The first kappa shape index (κ1) is 19.3. The van der Waals surface area contributed by atoms with Gasteiger partial charge in [0.05, 0.1) is 27.3 Å².